The second-order valence-corrected chi connectivity index (χ2v) is 9.73. The first-order valence-corrected chi connectivity index (χ1v) is 12.7. The fourth-order valence-corrected chi connectivity index (χ4v) is 5.74. The van der Waals surface area contributed by atoms with E-state index in [4.69, 9.17) is 0 Å². The Balaban J connectivity index is 1.10. The minimum Gasteiger partial charge on any atom is -0.358 e. The Kier molecular flexibility index (Phi) is 6.11. The van der Waals surface area contributed by atoms with Gasteiger partial charge in [0.05, 0.1) is 12.6 Å². The summed E-state index contributed by atoms with van der Waals surface area (Å²) < 4.78 is 0. The summed E-state index contributed by atoms with van der Waals surface area (Å²) in [7, 11) is 0. The van der Waals surface area contributed by atoms with Crippen LogP contribution in [0.1, 0.15) is 28.4 Å². The van der Waals surface area contributed by atoms with Crippen molar-refractivity contribution in [3.63, 3.8) is 0 Å². The van der Waals surface area contributed by atoms with Crippen molar-refractivity contribution in [1.29, 1.82) is 0 Å². The molecular formula is C30H32N4O. The lowest BCUT2D eigenvalue weighted by Gasteiger charge is -2.40. The van der Waals surface area contributed by atoms with Crippen molar-refractivity contribution in [2.24, 2.45) is 0 Å². The first-order valence-electron chi connectivity index (χ1n) is 12.7. The second kappa shape index (κ2) is 9.68. The minimum absolute atomic E-state index is 0.247. The summed E-state index contributed by atoms with van der Waals surface area (Å²) in [5.74, 6) is 0.247. The second-order valence-electron chi connectivity index (χ2n) is 9.73. The molecule has 0 saturated carbocycles. The Morgan fingerprint density at radius 2 is 1.40 bits per heavy atom. The number of hydrogen-bond acceptors (Lipinski definition) is 3. The zero-order valence-corrected chi connectivity index (χ0v) is 20.1. The predicted molar refractivity (Wildman–Crippen MR) is 140 cm³/mol. The van der Waals surface area contributed by atoms with E-state index in [0.29, 0.717) is 13.1 Å². The quantitative estimate of drug-likeness (QED) is 0.474. The summed E-state index contributed by atoms with van der Waals surface area (Å²) in [5.41, 5.74) is 6.40. The Morgan fingerprint density at radius 1 is 0.771 bits per heavy atom. The van der Waals surface area contributed by atoms with Gasteiger partial charge in [0, 0.05) is 67.8 Å². The van der Waals surface area contributed by atoms with Gasteiger partial charge in [0.2, 0.25) is 5.91 Å². The van der Waals surface area contributed by atoms with Gasteiger partial charge in [-0.05, 0) is 17.2 Å². The van der Waals surface area contributed by atoms with Gasteiger partial charge in [0.15, 0.2) is 0 Å². The first kappa shape index (κ1) is 22.1. The lowest BCUT2D eigenvalue weighted by atomic mass is 9.96. The van der Waals surface area contributed by atoms with Crippen molar-refractivity contribution in [2.45, 2.75) is 19.0 Å². The molecule has 1 aromatic heterocycles. The van der Waals surface area contributed by atoms with Crippen molar-refractivity contribution in [3.05, 3.63) is 107 Å². The minimum atomic E-state index is 0.247. The van der Waals surface area contributed by atoms with E-state index in [2.05, 4.69) is 99.7 Å². The number of hydrogen-bond donors (Lipinski definition) is 1. The molecule has 35 heavy (non-hydrogen) atoms. The van der Waals surface area contributed by atoms with Gasteiger partial charge in [-0.1, -0.05) is 78.9 Å². The number of carbonyl (C=O) groups excluding carboxylic acids is 1. The summed E-state index contributed by atoms with van der Waals surface area (Å²) in [5, 5.41) is 1.25. The molecule has 0 unspecified atom stereocenters. The number of rotatable bonds is 5. The molecule has 0 spiro atoms. The maximum absolute atomic E-state index is 13.3. The molecule has 2 aliphatic heterocycles. The number of benzene rings is 3. The number of fused-ring (bicyclic) bond motifs is 3. The van der Waals surface area contributed by atoms with Crippen LogP contribution in [0.4, 0.5) is 0 Å². The Hall–Kier alpha value is -3.41. The molecule has 0 radical (unpaired) electrons. The molecule has 3 aromatic carbocycles. The predicted octanol–water partition coefficient (Wildman–Crippen LogP) is 4.46. The summed E-state index contributed by atoms with van der Waals surface area (Å²) in [6.07, 6.45) is 0.902. The van der Waals surface area contributed by atoms with Crippen LogP contribution in [0, 0.1) is 0 Å². The van der Waals surface area contributed by atoms with E-state index < -0.39 is 0 Å². The molecule has 4 aromatic rings. The molecule has 0 bridgehead atoms. The molecule has 5 heteroatoms. The van der Waals surface area contributed by atoms with E-state index in [9.17, 15) is 4.79 Å². The molecular weight excluding hydrogens is 432 g/mol. The fourth-order valence-electron chi connectivity index (χ4n) is 5.74. The number of piperazine rings is 1. The van der Waals surface area contributed by atoms with Crippen LogP contribution in [0.2, 0.25) is 0 Å². The van der Waals surface area contributed by atoms with Crippen molar-refractivity contribution in [3.8, 4) is 0 Å². The van der Waals surface area contributed by atoms with E-state index >= 15 is 0 Å². The third-order valence-corrected chi connectivity index (χ3v) is 7.60. The topological polar surface area (TPSA) is 42.6 Å². The van der Waals surface area contributed by atoms with Crippen LogP contribution in [-0.2, 0) is 17.8 Å². The monoisotopic (exact) mass is 464 g/mol. The molecule has 0 atom stereocenters. The third-order valence-electron chi connectivity index (χ3n) is 7.60. The Labute approximate surface area is 207 Å². The Bertz CT molecular complexity index is 1250. The highest BCUT2D eigenvalue weighted by Crippen LogP contribution is 2.30. The highest BCUT2D eigenvalue weighted by Gasteiger charge is 2.29. The summed E-state index contributed by atoms with van der Waals surface area (Å²) in [4.78, 5) is 23.7. The molecule has 0 aliphatic carbocycles. The van der Waals surface area contributed by atoms with E-state index in [1.165, 1.54) is 33.3 Å². The lowest BCUT2D eigenvalue weighted by Crippen LogP contribution is -2.51. The Morgan fingerprint density at radius 3 is 2.09 bits per heavy atom. The lowest BCUT2D eigenvalue weighted by molar-refractivity contribution is -0.133. The molecule has 1 amide bonds. The number of H-pyrrole nitrogens is 1. The fraction of sp³-hybridized carbons (Fsp3) is 0.300. The molecule has 1 saturated heterocycles. The average molecular weight is 465 g/mol. The summed E-state index contributed by atoms with van der Waals surface area (Å²) >= 11 is 0. The van der Waals surface area contributed by atoms with Gasteiger partial charge in [0.1, 0.15) is 0 Å². The van der Waals surface area contributed by atoms with Gasteiger partial charge in [-0.25, -0.2) is 0 Å². The van der Waals surface area contributed by atoms with Crippen LogP contribution in [0.3, 0.4) is 0 Å². The zero-order chi connectivity index (χ0) is 23.6. The largest absolute Gasteiger partial charge is 0.358 e. The summed E-state index contributed by atoms with van der Waals surface area (Å²) in [6, 6.07) is 30.2. The van der Waals surface area contributed by atoms with Crippen LogP contribution >= 0.6 is 0 Å². The van der Waals surface area contributed by atoms with Gasteiger partial charge in [-0.2, -0.15) is 0 Å². The van der Waals surface area contributed by atoms with Gasteiger partial charge in [-0.3, -0.25) is 14.6 Å². The van der Waals surface area contributed by atoms with E-state index in [1.807, 2.05) is 4.90 Å². The standard InChI is InChI=1S/C30H32N4O/c35-29(34-16-15-28-26(21-34)25-13-7-8-14-27(25)31-28)22-32-17-19-33(20-18-32)30(23-9-3-1-4-10-23)24-11-5-2-6-12-24/h1-14,30-31H,15-22H2. The molecule has 3 heterocycles. The van der Waals surface area contributed by atoms with Crippen LogP contribution in [0.5, 0.6) is 0 Å². The summed E-state index contributed by atoms with van der Waals surface area (Å²) in [6.45, 7) is 5.74. The van der Waals surface area contributed by atoms with Crippen molar-refractivity contribution >= 4 is 16.8 Å². The van der Waals surface area contributed by atoms with E-state index in [0.717, 1.165) is 39.1 Å². The van der Waals surface area contributed by atoms with Gasteiger partial charge in [-0.15, -0.1) is 0 Å². The van der Waals surface area contributed by atoms with Crippen LogP contribution in [0.15, 0.2) is 84.9 Å². The number of aromatic amines is 1. The van der Waals surface area contributed by atoms with Crippen LogP contribution in [0.25, 0.3) is 10.9 Å². The van der Waals surface area contributed by atoms with Gasteiger partial charge >= 0.3 is 0 Å². The highest BCUT2D eigenvalue weighted by atomic mass is 16.2. The number of amides is 1. The molecule has 5 nitrogen and oxygen atoms in total. The molecule has 1 fully saturated rings. The third kappa shape index (κ3) is 4.49. The van der Waals surface area contributed by atoms with Crippen molar-refractivity contribution in [1.82, 2.24) is 19.7 Å². The number of nitrogens with one attached hydrogen (secondary N) is 1. The maximum Gasteiger partial charge on any atom is 0.237 e. The van der Waals surface area contributed by atoms with Crippen molar-refractivity contribution in [2.75, 3.05) is 39.3 Å². The van der Waals surface area contributed by atoms with Gasteiger partial charge in [0.25, 0.3) is 0 Å². The van der Waals surface area contributed by atoms with E-state index in [-0.39, 0.29) is 11.9 Å². The zero-order valence-electron chi connectivity index (χ0n) is 20.1. The SMILES string of the molecule is O=C(CN1CCN(C(c2ccccc2)c2ccccc2)CC1)N1CCc2[nH]c3ccccc3c2C1. The molecule has 2 aliphatic rings. The van der Waals surface area contributed by atoms with Crippen molar-refractivity contribution < 1.29 is 4.79 Å². The average Bonchev–Trinajstić information content (AvgIpc) is 3.29. The molecule has 1 N–H and O–H groups in total. The number of nitrogens with zero attached hydrogens (tertiary/aromatic N) is 3. The van der Waals surface area contributed by atoms with Crippen LogP contribution < -0.4 is 0 Å². The first-order chi connectivity index (χ1) is 17.3. The molecule has 6 rings (SSSR count). The van der Waals surface area contributed by atoms with E-state index in [1.54, 1.807) is 0 Å². The number of para-hydroxylation sites is 1. The smallest absolute Gasteiger partial charge is 0.237 e. The normalized spacial score (nSPS) is 17.1. The highest BCUT2D eigenvalue weighted by molar-refractivity contribution is 5.86. The van der Waals surface area contributed by atoms with Gasteiger partial charge < -0.3 is 9.88 Å². The number of aromatic nitrogens is 1. The number of carbonyl (C=O) groups is 1. The molecule has 178 valence electrons. The van der Waals surface area contributed by atoms with Crippen LogP contribution in [-0.4, -0.2) is 64.9 Å². The maximum atomic E-state index is 13.3.